The van der Waals surface area contributed by atoms with E-state index in [1.54, 1.807) is 6.33 Å². The highest BCUT2D eigenvalue weighted by atomic mass is 15.2. The van der Waals surface area contributed by atoms with Crippen molar-refractivity contribution in [3.05, 3.63) is 12.2 Å². The molecule has 0 aliphatic carbocycles. The highest BCUT2D eigenvalue weighted by Crippen LogP contribution is 2.12. The van der Waals surface area contributed by atoms with Gasteiger partial charge in [0.1, 0.15) is 12.2 Å². The molecule has 0 saturated heterocycles. The summed E-state index contributed by atoms with van der Waals surface area (Å²) in [6.45, 7) is 8.76. The van der Waals surface area contributed by atoms with E-state index in [1.807, 2.05) is 0 Å². The molecule has 14 heavy (non-hydrogen) atoms. The summed E-state index contributed by atoms with van der Waals surface area (Å²) >= 11 is 0. The lowest BCUT2D eigenvalue weighted by molar-refractivity contribution is 0.350. The number of rotatable bonds is 5. The molecule has 0 bridgehead atoms. The molecule has 2 atom stereocenters. The highest BCUT2D eigenvalue weighted by molar-refractivity contribution is 4.90. The normalized spacial score (nSPS) is 15.8. The van der Waals surface area contributed by atoms with Crippen LogP contribution in [0.15, 0.2) is 6.33 Å². The van der Waals surface area contributed by atoms with Crippen molar-refractivity contribution in [2.24, 2.45) is 5.92 Å². The zero-order chi connectivity index (χ0) is 10.6. The van der Waals surface area contributed by atoms with Crippen molar-refractivity contribution in [2.45, 2.75) is 46.2 Å². The first-order valence-electron chi connectivity index (χ1n) is 5.26. The summed E-state index contributed by atoms with van der Waals surface area (Å²) in [6, 6.07) is 0.778. The average Bonchev–Trinajstić information content (AvgIpc) is 2.65. The van der Waals surface area contributed by atoms with Gasteiger partial charge in [0.2, 0.25) is 0 Å². The minimum atomic E-state index is 0.241. The lowest BCUT2D eigenvalue weighted by Crippen LogP contribution is -2.35. The minimum Gasteiger partial charge on any atom is -0.304 e. The standard InChI is InChI=1S/C10H20N4/c1-5-9(7(2)3)13-8(4)10-11-6-12-14-10/h6-9,13H,5H2,1-4H3,(H,11,12,14). The summed E-state index contributed by atoms with van der Waals surface area (Å²) in [4.78, 5) is 4.13. The SMILES string of the molecule is CCC(NC(C)c1ncn[nH]1)C(C)C. The maximum Gasteiger partial charge on any atom is 0.141 e. The topological polar surface area (TPSA) is 53.6 Å². The third-order valence-corrected chi connectivity index (χ3v) is 2.55. The van der Waals surface area contributed by atoms with Gasteiger partial charge in [-0.1, -0.05) is 20.8 Å². The molecule has 0 spiro atoms. The Labute approximate surface area is 85.5 Å². The predicted molar refractivity (Wildman–Crippen MR) is 56.9 cm³/mol. The van der Waals surface area contributed by atoms with E-state index >= 15 is 0 Å². The molecule has 0 amide bonds. The molecule has 1 heterocycles. The van der Waals surface area contributed by atoms with Crippen molar-refractivity contribution in [2.75, 3.05) is 0 Å². The van der Waals surface area contributed by atoms with E-state index in [0.717, 1.165) is 12.2 Å². The number of aromatic amines is 1. The van der Waals surface area contributed by atoms with Gasteiger partial charge in [-0.3, -0.25) is 5.10 Å². The molecule has 0 saturated carbocycles. The lowest BCUT2D eigenvalue weighted by Gasteiger charge is -2.24. The smallest absolute Gasteiger partial charge is 0.141 e. The van der Waals surface area contributed by atoms with Crippen LogP contribution in [0.3, 0.4) is 0 Å². The molecule has 2 unspecified atom stereocenters. The van der Waals surface area contributed by atoms with Gasteiger partial charge in [0.05, 0.1) is 6.04 Å². The van der Waals surface area contributed by atoms with Crippen LogP contribution in [-0.4, -0.2) is 21.2 Å². The third kappa shape index (κ3) is 2.80. The van der Waals surface area contributed by atoms with Crippen molar-refractivity contribution >= 4 is 0 Å². The number of hydrogen-bond acceptors (Lipinski definition) is 3. The Hall–Kier alpha value is -0.900. The highest BCUT2D eigenvalue weighted by Gasteiger charge is 2.16. The molecule has 2 N–H and O–H groups in total. The van der Waals surface area contributed by atoms with Crippen LogP contribution in [0, 0.1) is 5.92 Å². The molecule has 1 rings (SSSR count). The average molecular weight is 196 g/mol. The Balaban J connectivity index is 2.51. The quantitative estimate of drug-likeness (QED) is 0.756. The van der Waals surface area contributed by atoms with Crippen molar-refractivity contribution in [3.8, 4) is 0 Å². The fourth-order valence-corrected chi connectivity index (χ4v) is 1.61. The summed E-state index contributed by atoms with van der Waals surface area (Å²) in [6.07, 6.45) is 2.68. The Morgan fingerprint density at radius 2 is 2.14 bits per heavy atom. The molecule has 0 aliphatic rings. The van der Waals surface area contributed by atoms with Crippen molar-refractivity contribution in [1.29, 1.82) is 0 Å². The molecule has 0 fully saturated rings. The van der Waals surface area contributed by atoms with Gasteiger partial charge in [0, 0.05) is 6.04 Å². The lowest BCUT2D eigenvalue weighted by atomic mass is 10.0. The summed E-state index contributed by atoms with van der Waals surface area (Å²) in [5.41, 5.74) is 0. The second-order valence-corrected chi connectivity index (χ2v) is 4.02. The van der Waals surface area contributed by atoms with Gasteiger partial charge in [-0.2, -0.15) is 5.10 Å². The molecule has 0 aromatic carbocycles. The molecule has 4 nitrogen and oxygen atoms in total. The number of aromatic nitrogens is 3. The summed E-state index contributed by atoms with van der Waals surface area (Å²) in [7, 11) is 0. The van der Waals surface area contributed by atoms with Gasteiger partial charge >= 0.3 is 0 Å². The van der Waals surface area contributed by atoms with Crippen molar-refractivity contribution in [3.63, 3.8) is 0 Å². The van der Waals surface area contributed by atoms with Crippen molar-refractivity contribution in [1.82, 2.24) is 20.5 Å². The number of H-pyrrole nitrogens is 1. The molecule has 0 aliphatic heterocycles. The fourth-order valence-electron chi connectivity index (χ4n) is 1.61. The third-order valence-electron chi connectivity index (χ3n) is 2.55. The number of nitrogens with one attached hydrogen (secondary N) is 2. The second kappa shape index (κ2) is 5.10. The summed E-state index contributed by atoms with van der Waals surface area (Å²) in [5, 5.41) is 10.3. The Morgan fingerprint density at radius 3 is 2.57 bits per heavy atom. The van der Waals surface area contributed by atoms with Gasteiger partial charge in [-0.05, 0) is 19.3 Å². The van der Waals surface area contributed by atoms with E-state index in [0.29, 0.717) is 12.0 Å². The molecule has 1 aromatic heterocycles. The van der Waals surface area contributed by atoms with Crippen LogP contribution in [0.1, 0.15) is 46.0 Å². The number of hydrogen-bond donors (Lipinski definition) is 2. The van der Waals surface area contributed by atoms with Crippen LogP contribution in [0.4, 0.5) is 0 Å². The first-order chi connectivity index (χ1) is 6.65. The molecule has 80 valence electrons. The van der Waals surface area contributed by atoms with Gasteiger partial charge in [-0.25, -0.2) is 4.98 Å². The van der Waals surface area contributed by atoms with E-state index in [-0.39, 0.29) is 6.04 Å². The Morgan fingerprint density at radius 1 is 1.43 bits per heavy atom. The summed E-state index contributed by atoms with van der Waals surface area (Å²) < 4.78 is 0. The van der Waals surface area contributed by atoms with Crippen LogP contribution in [0.2, 0.25) is 0 Å². The summed E-state index contributed by atoms with van der Waals surface area (Å²) in [5.74, 6) is 1.55. The fraction of sp³-hybridized carbons (Fsp3) is 0.800. The monoisotopic (exact) mass is 196 g/mol. The van der Waals surface area contributed by atoms with Gasteiger partial charge in [-0.15, -0.1) is 0 Å². The van der Waals surface area contributed by atoms with Gasteiger partial charge < -0.3 is 5.32 Å². The Kier molecular flexibility index (Phi) is 4.07. The number of nitrogens with zero attached hydrogens (tertiary/aromatic N) is 2. The molecule has 0 radical (unpaired) electrons. The zero-order valence-corrected chi connectivity index (χ0v) is 9.41. The molecule has 1 aromatic rings. The molecular weight excluding hydrogens is 176 g/mol. The van der Waals surface area contributed by atoms with Crippen molar-refractivity contribution < 1.29 is 0 Å². The Bertz CT molecular complexity index is 243. The zero-order valence-electron chi connectivity index (χ0n) is 9.41. The predicted octanol–water partition coefficient (Wildman–Crippen LogP) is 1.89. The van der Waals surface area contributed by atoms with E-state index in [2.05, 4.69) is 48.2 Å². The van der Waals surface area contributed by atoms with Crippen LogP contribution in [0.25, 0.3) is 0 Å². The van der Waals surface area contributed by atoms with Gasteiger partial charge in [0.15, 0.2) is 0 Å². The largest absolute Gasteiger partial charge is 0.304 e. The van der Waals surface area contributed by atoms with Crippen LogP contribution in [0.5, 0.6) is 0 Å². The first kappa shape index (κ1) is 11.2. The van der Waals surface area contributed by atoms with E-state index in [4.69, 9.17) is 0 Å². The van der Waals surface area contributed by atoms with Crippen LogP contribution >= 0.6 is 0 Å². The van der Waals surface area contributed by atoms with Gasteiger partial charge in [0.25, 0.3) is 0 Å². The van der Waals surface area contributed by atoms with E-state index in [1.165, 1.54) is 0 Å². The minimum absolute atomic E-state index is 0.241. The first-order valence-corrected chi connectivity index (χ1v) is 5.26. The van der Waals surface area contributed by atoms with Crippen LogP contribution < -0.4 is 5.32 Å². The van der Waals surface area contributed by atoms with E-state index < -0.39 is 0 Å². The van der Waals surface area contributed by atoms with Crippen LogP contribution in [-0.2, 0) is 0 Å². The second-order valence-electron chi connectivity index (χ2n) is 4.02. The molecular formula is C10H20N4. The molecule has 4 heteroatoms. The van der Waals surface area contributed by atoms with E-state index in [9.17, 15) is 0 Å². The maximum atomic E-state index is 4.13. The maximum absolute atomic E-state index is 4.13.